The molecule has 1 aromatic rings. The third kappa shape index (κ3) is 3.20. The van der Waals surface area contributed by atoms with E-state index < -0.39 is 0 Å². The SMILES string of the molecule is Cc1nc(NN)c(C)c(NC2CCCCC2C(C)C)n1. The molecule has 0 amide bonds. The van der Waals surface area contributed by atoms with E-state index in [1.54, 1.807) is 0 Å². The van der Waals surface area contributed by atoms with Gasteiger partial charge in [0.05, 0.1) is 0 Å². The van der Waals surface area contributed by atoms with Gasteiger partial charge in [0.2, 0.25) is 0 Å². The Hall–Kier alpha value is -1.36. The third-order valence-electron chi connectivity index (χ3n) is 4.39. The lowest BCUT2D eigenvalue weighted by Crippen LogP contribution is -2.36. The van der Waals surface area contributed by atoms with Gasteiger partial charge in [-0.25, -0.2) is 15.8 Å². The highest BCUT2D eigenvalue weighted by Crippen LogP contribution is 2.33. The first-order chi connectivity index (χ1) is 9.52. The zero-order valence-corrected chi connectivity index (χ0v) is 13.0. The van der Waals surface area contributed by atoms with Gasteiger partial charge in [0, 0.05) is 11.6 Å². The lowest BCUT2D eigenvalue weighted by molar-refractivity contribution is 0.253. The van der Waals surface area contributed by atoms with Crippen molar-refractivity contribution in [1.82, 2.24) is 9.97 Å². The van der Waals surface area contributed by atoms with Gasteiger partial charge < -0.3 is 10.7 Å². The highest BCUT2D eigenvalue weighted by molar-refractivity contribution is 5.57. The maximum Gasteiger partial charge on any atom is 0.148 e. The van der Waals surface area contributed by atoms with Crippen LogP contribution in [0.4, 0.5) is 11.6 Å². The Morgan fingerprint density at radius 3 is 2.40 bits per heavy atom. The van der Waals surface area contributed by atoms with E-state index in [-0.39, 0.29) is 0 Å². The lowest BCUT2D eigenvalue weighted by atomic mass is 9.78. The molecule has 112 valence electrons. The van der Waals surface area contributed by atoms with Crippen LogP contribution in [0.3, 0.4) is 0 Å². The molecule has 1 aliphatic carbocycles. The molecule has 0 saturated heterocycles. The molecule has 1 heterocycles. The Morgan fingerprint density at radius 2 is 1.75 bits per heavy atom. The number of nitrogen functional groups attached to an aromatic ring is 1. The van der Waals surface area contributed by atoms with Crippen molar-refractivity contribution < 1.29 is 0 Å². The molecule has 0 spiro atoms. The number of hydrogen-bond donors (Lipinski definition) is 3. The van der Waals surface area contributed by atoms with Crippen LogP contribution in [0.1, 0.15) is 50.9 Å². The molecule has 2 rings (SSSR count). The van der Waals surface area contributed by atoms with Crippen LogP contribution in [-0.2, 0) is 0 Å². The average Bonchev–Trinajstić information content (AvgIpc) is 2.42. The summed E-state index contributed by atoms with van der Waals surface area (Å²) in [5.74, 6) is 9.31. The zero-order valence-electron chi connectivity index (χ0n) is 13.0. The van der Waals surface area contributed by atoms with E-state index in [0.29, 0.717) is 23.7 Å². The summed E-state index contributed by atoms with van der Waals surface area (Å²) in [6, 6.07) is 0.502. The van der Waals surface area contributed by atoms with Crippen molar-refractivity contribution in [2.75, 3.05) is 10.7 Å². The molecule has 2 unspecified atom stereocenters. The molecule has 0 aliphatic heterocycles. The van der Waals surface area contributed by atoms with Gasteiger partial charge in [0.1, 0.15) is 17.5 Å². The smallest absolute Gasteiger partial charge is 0.148 e. The van der Waals surface area contributed by atoms with E-state index in [4.69, 9.17) is 5.84 Å². The second-order valence-corrected chi connectivity index (χ2v) is 6.18. The van der Waals surface area contributed by atoms with Crippen LogP contribution in [0.5, 0.6) is 0 Å². The summed E-state index contributed by atoms with van der Waals surface area (Å²) in [6.07, 6.45) is 5.17. The van der Waals surface area contributed by atoms with Crippen molar-refractivity contribution in [3.63, 3.8) is 0 Å². The van der Waals surface area contributed by atoms with Gasteiger partial charge in [0.25, 0.3) is 0 Å². The van der Waals surface area contributed by atoms with Gasteiger partial charge >= 0.3 is 0 Å². The number of nitrogens with one attached hydrogen (secondary N) is 2. The molecule has 1 saturated carbocycles. The van der Waals surface area contributed by atoms with Crippen LogP contribution >= 0.6 is 0 Å². The fourth-order valence-electron chi connectivity index (χ4n) is 3.22. The number of rotatable bonds is 4. The van der Waals surface area contributed by atoms with Crippen LogP contribution in [0.25, 0.3) is 0 Å². The van der Waals surface area contributed by atoms with Crippen LogP contribution in [0, 0.1) is 25.7 Å². The standard InChI is InChI=1S/C15H27N5/c1-9(2)12-7-5-6-8-13(12)19-14-10(3)15(20-16)18-11(4)17-14/h9,12-13H,5-8,16H2,1-4H3,(H2,17,18,19,20). The summed E-state index contributed by atoms with van der Waals surface area (Å²) in [4.78, 5) is 8.86. The Bertz CT molecular complexity index is 458. The third-order valence-corrected chi connectivity index (χ3v) is 4.39. The second kappa shape index (κ2) is 6.39. The number of hydrogen-bond acceptors (Lipinski definition) is 5. The summed E-state index contributed by atoms with van der Waals surface area (Å²) >= 11 is 0. The van der Waals surface area contributed by atoms with E-state index in [1.807, 2.05) is 13.8 Å². The first kappa shape index (κ1) is 15.0. The number of nitrogens with two attached hydrogens (primary N) is 1. The van der Waals surface area contributed by atoms with E-state index >= 15 is 0 Å². The van der Waals surface area contributed by atoms with Crippen molar-refractivity contribution >= 4 is 11.6 Å². The van der Waals surface area contributed by atoms with Crippen LogP contribution < -0.4 is 16.6 Å². The lowest BCUT2D eigenvalue weighted by Gasteiger charge is -2.35. The molecule has 1 aromatic heterocycles. The fraction of sp³-hybridized carbons (Fsp3) is 0.733. The zero-order chi connectivity index (χ0) is 14.7. The van der Waals surface area contributed by atoms with Gasteiger partial charge in [0.15, 0.2) is 0 Å². The normalized spacial score (nSPS) is 22.9. The Morgan fingerprint density at radius 1 is 1.10 bits per heavy atom. The highest BCUT2D eigenvalue weighted by Gasteiger charge is 2.28. The topological polar surface area (TPSA) is 75.9 Å². The van der Waals surface area contributed by atoms with Crippen molar-refractivity contribution in [2.24, 2.45) is 17.7 Å². The molecular weight excluding hydrogens is 250 g/mol. The van der Waals surface area contributed by atoms with E-state index in [9.17, 15) is 0 Å². The summed E-state index contributed by atoms with van der Waals surface area (Å²) in [6.45, 7) is 8.53. The fourth-order valence-corrected chi connectivity index (χ4v) is 3.22. The average molecular weight is 277 g/mol. The second-order valence-electron chi connectivity index (χ2n) is 6.18. The highest BCUT2D eigenvalue weighted by atomic mass is 15.3. The number of anilines is 2. The van der Waals surface area contributed by atoms with Crippen molar-refractivity contribution in [1.29, 1.82) is 0 Å². The van der Waals surface area contributed by atoms with Crippen molar-refractivity contribution in [3.05, 3.63) is 11.4 Å². The number of aryl methyl sites for hydroxylation is 1. The minimum atomic E-state index is 0.502. The van der Waals surface area contributed by atoms with Gasteiger partial charge in [-0.1, -0.05) is 26.7 Å². The minimum Gasteiger partial charge on any atom is -0.367 e. The molecule has 4 N–H and O–H groups in total. The summed E-state index contributed by atoms with van der Waals surface area (Å²) in [7, 11) is 0. The minimum absolute atomic E-state index is 0.502. The molecule has 0 radical (unpaired) electrons. The van der Waals surface area contributed by atoms with E-state index in [1.165, 1.54) is 25.7 Å². The quantitative estimate of drug-likeness (QED) is 0.582. The molecule has 20 heavy (non-hydrogen) atoms. The molecule has 1 fully saturated rings. The molecule has 2 atom stereocenters. The Balaban J connectivity index is 2.22. The largest absolute Gasteiger partial charge is 0.367 e. The van der Waals surface area contributed by atoms with Gasteiger partial charge in [-0.15, -0.1) is 0 Å². The van der Waals surface area contributed by atoms with Crippen molar-refractivity contribution in [3.8, 4) is 0 Å². The molecule has 5 heteroatoms. The Labute approximate surface area is 121 Å². The first-order valence-corrected chi connectivity index (χ1v) is 7.61. The maximum atomic E-state index is 5.53. The molecular formula is C15H27N5. The molecule has 5 nitrogen and oxygen atoms in total. The number of nitrogens with zero attached hydrogens (tertiary/aromatic N) is 2. The molecule has 0 aromatic carbocycles. The predicted molar refractivity (Wildman–Crippen MR) is 83.5 cm³/mol. The van der Waals surface area contributed by atoms with Crippen LogP contribution in [0.15, 0.2) is 0 Å². The summed E-state index contributed by atoms with van der Waals surface area (Å²) in [5, 5.41) is 3.65. The van der Waals surface area contributed by atoms with Gasteiger partial charge in [-0.3, -0.25) is 0 Å². The van der Waals surface area contributed by atoms with Crippen molar-refractivity contribution in [2.45, 2.75) is 59.4 Å². The molecule has 1 aliphatic rings. The summed E-state index contributed by atoms with van der Waals surface area (Å²) in [5.41, 5.74) is 3.65. The maximum absolute atomic E-state index is 5.53. The van der Waals surface area contributed by atoms with Crippen LogP contribution in [-0.4, -0.2) is 16.0 Å². The first-order valence-electron chi connectivity index (χ1n) is 7.61. The monoisotopic (exact) mass is 277 g/mol. The number of aromatic nitrogens is 2. The summed E-state index contributed by atoms with van der Waals surface area (Å²) < 4.78 is 0. The molecule has 0 bridgehead atoms. The van der Waals surface area contributed by atoms with Crippen LogP contribution in [0.2, 0.25) is 0 Å². The predicted octanol–water partition coefficient (Wildman–Crippen LogP) is 3.01. The van der Waals surface area contributed by atoms with Gasteiger partial charge in [-0.05, 0) is 38.5 Å². The van der Waals surface area contributed by atoms with Gasteiger partial charge in [-0.2, -0.15) is 0 Å². The number of hydrazine groups is 1. The van der Waals surface area contributed by atoms with E-state index in [0.717, 1.165) is 17.2 Å². The Kier molecular flexibility index (Phi) is 4.81. The van der Waals surface area contributed by atoms with E-state index in [2.05, 4.69) is 34.6 Å².